The maximum atomic E-state index is 14.7. The molecular formula is C43H65N5O10. The van der Waals surface area contributed by atoms with E-state index < -0.39 is 83.4 Å². The van der Waals surface area contributed by atoms with E-state index in [1.54, 1.807) is 51.3 Å². The molecule has 1 amide bonds. The number of pyridine rings is 1. The van der Waals surface area contributed by atoms with Crippen molar-refractivity contribution in [2.75, 3.05) is 27.7 Å². The highest BCUT2D eigenvalue weighted by atomic mass is 16.7. The van der Waals surface area contributed by atoms with Crippen molar-refractivity contribution >= 4 is 23.6 Å². The van der Waals surface area contributed by atoms with E-state index in [1.807, 2.05) is 62.7 Å². The summed E-state index contributed by atoms with van der Waals surface area (Å²) in [5.74, 6) is -4.95. The van der Waals surface area contributed by atoms with E-state index in [9.17, 15) is 24.3 Å². The number of carbonyl (C=O) groups is 4. The van der Waals surface area contributed by atoms with Crippen LogP contribution in [0.4, 0.5) is 4.79 Å². The molecule has 3 aliphatic heterocycles. The second-order valence-electron chi connectivity index (χ2n) is 17.3. The number of ketones is 2. The molecule has 2 aromatic heterocycles. The number of rotatable bonds is 11. The van der Waals surface area contributed by atoms with Crippen molar-refractivity contribution in [3.05, 3.63) is 37.1 Å². The number of imidazole rings is 1. The number of methoxy groups -OCH3 is 1. The lowest BCUT2D eigenvalue weighted by Gasteiger charge is -2.47. The van der Waals surface area contributed by atoms with Crippen molar-refractivity contribution in [3.63, 3.8) is 0 Å². The van der Waals surface area contributed by atoms with Crippen molar-refractivity contribution < 1.29 is 48.0 Å². The van der Waals surface area contributed by atoms with Crippen LogP contribution >= 0.6 is 0 Å². The average molecular weight is 812 g/mol. The first-order valence-electron chi connectivity index (χ1n) is 20.8. The van der Waals surface area contributed by atoms with Crippen LogP contribution in [0.5, 0.6) is 0 Å². The van der Waals surface area contributed by atoms with E-state index in [-0.39, 0.29) is 30.8 Å². The summed E-state index contributed by atoms with van der Waals surface area (Å²) in [5.41, 5.74) is -0.938. The van der Waals surface area contributed by atoms with Gasteiger partial charge in [0.15, 0.2) is 17.7 Å². The fourth-order valence-electron chi connectivity index (χ4n) is 9.43. The number of hydrogen-bond acceptors (Lipinski definition) is 13. The number of amides is 1. The van der Waals surface area contributed by atoms with Crippen molar-refractivity contribution in [2.24, 2.45) is 23.7 Å². The highest BCUT2D eigenvalue weighted by molar-refractivity contribution is 6.00. The molecule has 2 aromatic rings. The van der Waals surface area contributed by atoms with Crippen LogP contribution in [0.3, 0.4) is 0 Å². The molecule has 3 fully saturated rings. The van der Waals surface area contributed by atoms with Gasteiger partial charge in [-0.15, -0.1) is 0 Å². The summed E-state index contributed by atoms with van der Waals surface area (Å²) in [4.78, 5) is 69.0. The molecule has 0 unspecified atom stereocenters. The van der Waals surface area contributed by atoms with Gasteiger partial charge in [0, 0.05) is 68.1 Å². The summed E-state index contributed by atoms with van der Waals surface area (Å²) in [5, 5.41) is 11.4. The molecule has 15 nitrogen and oxygen atoms in total. The van der Waals surface area contributed by atoms with Gasteiger partial charge in [0.25, 0.3) is 0 Å². The Labute approximate surface area is 343 Å². The molecule has 15 heteroatoms. The van der Waals surface area contributed by atoms with Crippen LogP contribution in [0.15, 0.2) is 37.1 Å². The number of nitrogens with zero attached hydrogens (tertiary/aromatic N) is 5. The number of carbonyl (C=O) groups excluding carboxylic acids is 4. The number of hydrogen-bond donors (Lipinski definition) is 1. The minimum Gasteiger partial charge on any atom is -0.458 e. The first kappa shape index (κ1) is 45.3. The minimum atomic E-state index is -1.40. The number of unbranched alkanes of at least 4 members (excludes halogenated alkanes) is 1. The molecule has 0 aromatic carbocycles. The van der Waals surface area contributed by atoms with Gasteiger partial charge >= 0.3 is 12.1 Å². The zero-order chi connectivity index (χ0) is 42.7. The molecule has 58 heavy (non-hydrogen) atoms. The third-order valence-corrected chi connectivity index (χ3v) is 12.8. The number of aryl methyl sites for hydroxylation is 1. The Morgan fingerprint density at radius 1 is 1.02 bits per heavy atom. The van der Waals surface area contributed by atoms with Gasteiger partial charge in [-0.25, -0.2) is 9.78 Å². The van der Waals surface area contributed by atoms with E-state index in [0.29, 0.717) is 32.4 Å². The van der Waals surface area contributed by atoms with Crippen LogP contribution in [0.1, 0.15) is 87.5 Å². The first-order valence-corrected chi connectivity index (χ1v) is 20.8. The molecule has 0 spiro atoms. The zero-order valence-corrected chi connectivity index (χ0v) is 36.1. The Morgan fingerprint density at radius 2 is 1.72 bits per heavy atom. The van der Waals surface area contributed by atoms with Gasteiger partial charge in [-0.2, -0.15) is 0 Å². The second kappa shape index (κ2) is 18.7. The van der Waals surface area contributed by atoms with Crippen molar-refractivity contribution in [1.82, 2.24) is 24.3 Å². The molecule has 0 saturated carbocycles. The third kappa shape index (κ3) is 9.33. The monoisotopic (exact) mass is 811 g/mol. The third-order valence-electron chi connectivity index (χ3n) is 12.8. The zero-order valence-electron chi connectivity index (χ0n) is 36.1. The number of aliphatic hydroxyl groups is 1. The maximum absolute atomic E-state index is 14.7. The van der Waals surface area contributed by atoms with Gasteiger partial charge in [-0.3, -0.25) is 19.4 Å². The van der Waals surface area contributed by atoms with E-state index >= 15 is 0 Å². The van der Waals surface area contributed by atoms with Crippen molar-refractivity contribution in [2.45, 2.75) is 148 Å². The van der Waals surface area contributed by atoms with Crippen molar-refractivity contribution in [1.29, 1.82) is 0 Å². The largest absolute Gasteiger partial charge is 0.458 e. The molecule has 13 atom stereocenters. The topological polar surface area (TPSA) is 172 Å². The maximum Gasteiger partial charge on any atom is 0.410 e. The normalized spacial score (nSPS) is 36.7. The smallest absolute Gasteiger partial charge is 0.410 e. The molecule has 0 bridgehead atoms. The predicted molar refractivity (Wildman–Crippen MR) is 214 cm³/mol. The summed E-state index contributed by atoms with van der Waals surface area (Å²) >= 11 is 0. The summed E-state index contributed by atoms with van der Waals surface area (Å²) in [6, 6.07) is 2.74. The van der Waals surface area contributed by atoms with E-state index in [2.05, 4.69) is 9.97 Å². The quantitative estimate of drug-likeness (QED) is 0.184. The van der Waals surface area contributed by atoms with Gasteiger partial charge in [0.2, 0.25) is 0 Å². The van der Waals surface area contributed by atoms with Gasteiger partial charge in [-0.1, -0.05) is 27.7 Å². The van der Waals surface area contributed by atoms with Crippen LogP contribution < -0.4 is 0 Å². The summed E-state index contributed by atoms with van der Waals surface area (Å²) in [6.07, 6.45) is 4.45. The summed E-state index contributed by atoms with van der Waals surface area (Å²) < 4.78 is 33.2. The van der Waals surface area contributed by atoms with Crippen LogP contribution in [0.2, 0.25) is 0 Å². The lowest BCUT2D eigenvalue weighted by molar-refractivity contribution is -0.295. The minimum absolute atomic E-state index is 0.130. The fraction of sp³-hybridized carbons (Fsp3) is 0.721. The number of likely N-dealkylation sites (N-methyl/N-ethyl adjacent to an activating group) is 1. The lowest BCUT2D eigenvalue weighted by Crippen LogP contribution is -2.60. The Kier molecular flexibility index (Phi) is 14.6. The first-order chi connectivity index (χ1) is 27.4. The number of fused-ring (bicyclic) bond motifs is 1. The van der Waals surface area contributed by atoms with Crippen LogP contribution in [0, 0.1) is 23.7 Å². The van der Waals surface area contributed by atoms with Gasteiger partial charge in [0.1, 0.15) is 23.9 Å². The number of esters is 1. The Hall–Kier alpha value is -3.76. The molecule has 0 aliphatic carbocycles. The highest BCUT2D eigenvalue weighted by Gasteiger charge is 2.60. The molecule has 3 saturated heterocycles. The Morgan fingerprint density at radius 3 is 2.36 bits per heavy atom. The molecule has 3 aliphatic rings. The molecule has 322 valence electrons. The Balaban J connectivity index is 1.43. The van der Waals surface area contributed by atoms with Gasteiger partial charge in [-0.05, 0) is 86.0 Å². The number of ether oxygens (including phenoxy) is 5. The van der Waals surface area contributed by atoms with Crippen LogP contribution in [-0.2, 0) is 44.6 Å². The summed E-state index contributed by atoms with van der Waals surface area (Å²) in [6.45, 7) is 14.9. The molecule has 1 N–H and O–H groups in total. The molecule has 5 heterocycles. The number of aromatic nitrogens is 3. The number of aliphatic hydroxyl groups excluding tert-OH is 1. The average Bonchev–Trinajstić information content (AvgIpc) is 3.78. The molecular weight excluding hydrogens is 746 g/mol. The number of Topliss-reactive ketones (excluding diaryl/α,β-unsaturated/α-hetero) is 2. The highest BCUT2D eigenvalue weighted by Crippen LogP contribution is 2.43. The summed E-state index contributed by atoms with van der Waals surface area (Å²) in [7, 11) is 5.24. The standard InChI is InChI=1S/C43H65N5O10/c1-12-33-43(8)37(48(41(53)58-43)19-14-13-18-47-23-31(45-24-47)30-16-15-17-44-22-30)27(4)34(49)25(2)21-42(7,54-11)38(28(5)35(50)29(6)39(52)56-33)57-40-36(51)32(46(9)10)20-26(3)55-40/h15-17,22-29,32-33,36-38,40,51H,12-14,18-21H2,1-11H3/t25-,26-,27+,28+,29+,32+,33-,36-,37-,38-,40+,42-,43-/m1/s1. The van der Waals surface area contributed by atoms with Gasteiger partial charge in [0.05, 0.1) is 35.9 Å². The second-order valence-corrected chi connectivity index (χ2v) is 17.3. The predicted octanol–water partition coefficient (Wildman–Crippen LogP) is 4.93. The van der Waals surface area contributed by atoms with Crippen molar-refractivity contribution in [3.8, 4) is 11.3 Å². The van der Waals surface area contributed by atoms with Crippen LogP contribution in [0.25, 0.3) is 11.3 Å². The molecule has 5 rings (SSSR count). The van der Waals surface area contributed by atoms with E-state index in [0.717, 1.165) is 11.3 Å². The lowest BCUT2D eigenvalue weighted by atomic mass is 9.73. The Bertz CT molecular complexity index is 1740. The SMILES string of the molecule is CC[C@H]1OC(=O)[C@@H](C)C(=O)[C@H](C)[C@@H](O[C@@H]2O[C@H](C)C[C@H](N(C)C)[C@H]2O)[C@](C)(OC)C[C@@H](C)C(=O)[C@H](C)[C@H]2N(CCCCn3cnc(-c4cccnc4)c3)C(=O)O[C@]12C. The number of cyclic esters (lactones) is 1. The van der Waals surface area contributed by atoms with E-state index in [4.69, 9.17) is 23.7 Å². The molecule has 0 radical (unpaired) electrons. The van der Waals surface area contributed by atoms with Crippen LogP contribution in [-0.4, -0.2) is 135 Å². The van der Waals surface area contributed by atoms with E-state index in [1.165, 1.54) is 14.0 Å². The van der Waals surface area contributed by atoms with Gasteiger partial charge < -0.3 is 43.2 Å². The fourth-order valence-corrected chi connectivity index (χ4v) is 9.43.